The van der Waals surface area contributed by atoms with Crippen LogP contribution in [0.3, 0.4) is 0 Å². The van der Waals surface area contributed by atoms with Gasteiger partial charge in [-0.05, 0) is 31.0 Å². The van der Waals surface area contributed by atoms with Crippen molar-refractivity contribution < 1.29 is 24.1 Å². The molecule has 0 aliphatic heterocycles. The zero-order valence-corrected chi connectivity index (χ0v) is 11.5. The molecule has 106 valence electrons. The molecule has 0 amide bonds. The van der Waals surface area contributed by atoms with Crippen molar-refractivity contribution in [2.45, 2.75) is 26.4 Å². The zero-order valence-electron chi connectivity index (χ0n) is 11.5. The Kier molecular flexibility index (Phi) is 6.15. The highest BCUT2D eigenvalue weighted by Crippen LogP contribution is 2.31. The SMILES string of the molecule is CCOC(=O)COc1ccc(C(O)CC)cc1OC. The van der Waals surface area contributed by atoms with Gasteiger partial charge in [-0.1, -0.05) is 13.0 Å². The van der Waals surface area contributed by atoms with Gasteiger partial charge in [0.2, 0.25) is 0 Å². The van der Waals surface area contributed by atoms with Crippen LogP contribution in [-0.4, -0.2) is 31.4 Å². The van der Waals surface area contributed by atoms with Crippen LogP contribution in [0.4, 0.5) is 0 Å². The average Bonchev–Trinajstić information content (AvgIpc) is 2.44. The van der Waals surface area contributed by atoms with Gasteiger partial charge in [0.05, 0.1) is 19.8 Å². The van der Waals surface area contributed by atoms with E-state index in [1.165, 1.54) is 7.11 Å². The Bertz CT molecular complexity index is 416. The summed E-state index contributed by atoms with van der Waals surface area (Å²) in [7, 11) is 1.51. The van der Waals surface area contributed by atoms with Crippen LogP contribution < -0.4 is 9.47 Å². The van der Waals surface area contributed by atoms with Crippen LogP contribution in [0.15, 0.2) is 18.2 Å². The van der Waals surface area contributed by atoms with E-state index in [0.717, 1.165) is 5.56 Å². The van der Waals surface area contributed by atoms with Crippen molar-refractivity contribution in [1.82, 2.24) is 0 Å². The predicted molar refractivity (Wildman–Crippen MR) is 70.4 cm³/mol. The Hall–Kier alpha value is -1.75. The smallest absolute Gasteiger partial charge is 0.344 e. The Labute approximate surface area is 113 Å². The normalized spacial score (nSPS) is 11.8. The average molecular weight is 268 g/mol. The van der Waals surface area contributed by atoms with Crippen LogP contribution in [0.2, 0.25) is 0 Å². The lowest BCUT2D eigenvalue weighted by atomic mass is 10.1. The minimum Gasteiger partial charge on any atom is -0.493 e. The predicted octanol–water partition coefficient (Wildman–Crippen LogP) is 2.08. The zero-order chi connectivity index (χ0) is 14.3. The number of benzene rings is 1. The van der Waals surface area contributed by atoms with E-state index < -0.39 is 12.1 Å². The summed E-state index contributed by atoms with van der Waals surface area (Å²) in [6.07, 6.45) is 0.0830. The Balaban J connectivity index is 2.76. The van der Waals surface area contributed by atoms with Crippen LogP contribution in [0.1, 0.15) is 31.9 Å². The number of hydrogen-bond donors (Lipinski definition) is 1. The van der Waals surface area contributed by atoms with E-state index in [1.807, 2.05) is 6.92 Å². The third-order valence-electron chi connectivity index (χ3n) is 2.61. The van der Waals surface area contributed by atoms with Gasteiger partial charge in [-0.3, -0.25) is 0 Å². The van der Waals surface area contributed by atoms with E-state index in [0.29, 0.717) is 24.5 Å². The molecular weight excluding hydrogens is 248 g/mol. The summed E-state index contributed by atoms with van der Waals surface area (Å²) in [5, 5.41) is 9.76. The molecule has 0 spiro atoms. The molecule has 1 rings (SSSR count). The second-order valence-corrected chi connectivity index (χ2v) is 3.93. The van der Waals surface area contributed by atoms with Crippen LogP contribution in [-0.2, 0) is 9.53 Å². The molecule has 0 saturated heterocycles. The van der Waals surface area contributed by atoms with Crippen molar-refractivity contribution in [2.75, 3.05) is 20.3 Å². The third-order valence-corrected chi connectivity index (χ3v) is 2.61. The van der Waals surface area contributed by atoms with Crippen LogP contribution in [0.5, 0.6) is 11.5 Å². The number of rotatable bonds is 7. The largest absolute Gasteiger partial charge is 0.493 e. The Morgan fingerprint density at radius 1 is 1.32 bits per heavy atom. The number of carbonyl (C=O) groups is 1. The van der Waals surface area contributed by atoms with Crippen molar-refractivity contribution in [3.05, 3.63) is 23.8 Å². The molecule has 5 nitrogen and oxygen atoms in total. The van der Waals surface area contributed by atoms with E-state index in [1.54, 1.807) is 25.1 Å². The summed E-state index contributed by atoms with van der Waals surface area (Å²) in [5.74, 6) is 0.499. The number of aliphatic hydroxyl groups is 1. The van der Waals surface area contributed by atoms with Gasteiger partial charge in [0.15, 0.2) is 18.1 Å². The lowest BCUT2D eigenvalue weighted by molar-refractivity contribution is -0.145. The number of aliphatic hydroxyl groups excluding tert-OH is 1. The highest BCUT2D eigenvalue weighted by molar-refractivity contribution is 5.71. The van der Waals surface area contributed by atoms with E-state index in [9.17, 15) is 9.90 Å². The molecule has 1 N–H and O–H groups in total. The van der Waals surface area contributed by atoms with Gasteiger partial charge in [-0.25, -0.2) is 4.79 Å². The summed E-state index contributed by atoms with van der Waals surface area (Å²) in [6.45, 7) is 3.78. The highest BCUT2D eigenvalue weighted by atomic mass is 16.6. The fourth-order valence-corrected chi connectivity index (χ4v) is 1.59. The molecule has 0 aliphatic carbocycles. The molecule has 1 aromatic carbocycles. The van der Waals surface area contributed by atoms with Gasteiger partial charge in [0.1, 0.15) is 0 Å². The number of hydrogen-bond acceptors (Lipinski definition) is 5. The minimum absolute atomic E-state index is 0.167. The summed E-state index contributed by atoms with van der Waals surface area (Å²) >= 11 is 0. The molecule has 19 heavy (non-hydrogen) atoms. The summed E-state index contributed by atoms with van der Waals surface area (Å²) < 4.78 is 15.3. The minimum atomic E-state index is -0.534. The molecule has 0 aliphatic rings. The van der Waals surface area contributed by atoms with E-state index in [-0.39, 0.29) is 6.61 Å². The van der Waals surface area contributed by atoms with Gasteiger partial charge in [0, 0.05) is 0 Å². The molecular formula is C14H20O5. The first-order valence-corrected chi connectivity index (χ1v) is 6.26. The first kappa shape index (κ1) is 15.3. The Morgan fingerprint density at radius 2 is 2.05 bits per heavy atom. The molecule has 0 heterocycles. The topological polar surface area (TPSA) is 65.0 Å². The van der Waals surface area contributed by atoms with E-state index in [4.69, 9.17) is 14.2 Å². The third kappa shape index (κ3) is 4.44. The van der Waals surface area contributed by atoms with Crippen molar-refractivity contribution >= 4 is 5.97 Å². The fraction of sp³-hybridized carbons (Fsp3) is 0.500. The van der Waals surface area contributed by atoms with E-state index in [2.05, 4.69) is 0 Å². The second-order valence-electron chi connectivity index (χ2n) is 3.93. The molecule has 0 radical (unpaired) electrons. The van der Waals surface area contributed by atoms with Gasteiger partial charge < -0.3 is 19.3 Å². The Morgan fingerprint density at radius 3 is 2.63 bits per heavy atom. The first-order chi connectivity index (χ1) is 9.12. The number of ether oxygens (including phenoxy) is 3. The molecule has 1 aromatic rings. The molecule has 0 saturated carbocycles. The van der Waals surface area contributed by atoms with Crippen molar-refractivity contribution in [3.8, 4) is 11.5 Å². The monoisotopic (exact) mass is 268 g/mol. The first-order valence-electron chi connectivity index (χ1n) is 6.26. The molecule has 0 bridgehead atoms. The van der Waals surface area contributed by atoms with Gasteiger partial charge >= 0.3 is 5.97 Å². The summed E-state index contributed by atoms with van der Waals surface area (Å²) in [4.78, 5) is 11.2. The van der Waals surface area contributed by atoms with Gasteiger partial charge in [0.25, 0.3) is 0 Å². The second kappa shape index (κ2) is 7.63. The van der Waals surface area contributed by atoms with Crippen molar-refractivity contribution in [2.24, 2.45) is 0 Å². The number of esters is 1. The van der Waals surface area contributed by atoms with Gasteiger partial charge in [-0.15, -0.1) is 0 Å². The van der Waals surface area contributed by atoms with E-state index >= 15 is 0 Å². The summed E-state index contributed by atoms with van der Waals surface area (Å²) in [6, 6.07) is 5.12. The fourth-order valence-electron chi connectivity index (χ4n) is 1.59. The van der Waals surface area contributed by atoms with Crippen molar-refractivity contribution in [3.63, 3.8) is 0 Å². The summed E-state index contributed by atoms with van der Waals surface area (Å²) in [5.41, 5.74) is 0.753. The molecule has 0 aromatic heterocycles. The highest BCUT2D eigenvalue weighted by Gasteiger charge is 2.12. The standard InChI is InChI=1S/C14H20O5/c1-4-11(15)10-6-7-12(13(8-10)17-3)19-9-14(16)18-5-2/h6-8,11,15H,4-5,9H2,1-3H3. The molecule has 1 unspecified atom stereocenters. The number of carbonyl (C=O) groups excluding carboxylic acids is 1. The maximum atomic E-state index is 11.2. The van der Waals surface area contributed by atoms with Crippen LogP contribution >= 0.6 is 0 Å². The van der Waals surface area contributed by atoms with Crippen molar-refractivity contribution in [1.29, 1.82) is 0 Å². The molecule has 5 heteroatoms. The lowest BCUT2D eigenvalue weighted by Gasteiger charge is -2.14. The van der Waals surface area contributed by atoms with Crippen LogP contribution in [0.25, 0.3) is 0 Å². The molecule has 1 atom stereocenters. The van der Waals surface area contributed by atoms with Gasteiger partial charge in [-0.2, -0.15) is 0 Å². The van der Waals surface area contributed by atoms with Crippen LogP contribution in [0, 0.1) is 0 Å². The molecule has 0 fully saturated rings. The maximum absolute atomic E-state index is 11.2. The number of methoxy groups -OCH3 is 1. The quantitative estimate of drug-likeness (QED) is 0.767. The maximum Gasteiger partial charge on any atom is 0.344 e. The lowest BCUT2D eigenvalue weighted by Crippen LogP contribution is -2.15.